The normalized spacial score (nSPS) is 12.3. The van der Waals surface area contributed by atoms with Gasteiger partial charge >= 0.3 is 0 Å². The van der Waals surface area contributed by atoms with Crippen molar-refractivity contribution in [3.8, 4) is 0 Å². The summed E-state index contributed by atoms with van der Waals surface area (Å²) < 4.78 is 16.9. The topological polar surface area (TPSA) is 26.3 Å². The van der Waals surface area contributed by atoms with Crippen LogP contribution in [0.4, 0.5) is 0 Å². The SMILES string of the molecule is CCO[PH](=O)Sc1ccccc1Cc1ccccc1. The molecule has 2 nitrogen and oxygen atoms in total. The van der Waals surface area contributed by atoms with E-state index in [9.17, 15) is 4.57 Å². The van der Waals surface area contributed by atoms with Gasteiger partial charge in [0.25, 0.3) is 7.23 Å². The van der Waals surface area contributed by atoms with Gasteiger partial charge in [-0.1, -0.05) is 48.5 Å². The molecule has 0 aliphatic carbocycles. The Morgan fingerprint density at radius 1 is 1.05 bits per heavy atom. The number of rotatable bonds is 6. The van der Waals surface area contributed by atoms with Gasteiger partial charge in [0.15, 0.2) is 0 Å². The zero-order valence-corrected chi connectivity index (χ0v) is 12.7. The minimum Gasteiger partial charge on any atom is -0.323 e. The fraction of sp³-hybridized carbons (Fsp3) is 0.200. The molecule has 0 amide bonds. The number of hydrogen-bond acceptors (Lipinski definition) is 3. The van der Waals surface area contributed by atoms with Crippen LogP contribution in [-0.2, 0) is 15.5 Å². The molecule has 0 heterocycles. The first-order chi connectivity index (χ1) is 9.29. The molecule has 0 aliphatic heterocycles. The molecular weight excluding hydrogens is 275 g/mol. The average molecular weight is 292 g/mol. The summed E-state index contributed by atoms with van der Waals surface area (Å²) >= 11 is 1.34. The van der Waals surface area contributed by atoms with E-state index < -0.39 is 7.23 Å². The van der Waals surface area contributed by atoms with Crippen LogP contribution in [0.3, 0.4) is 0 Å². The standard InChI is InChI=1S/C15H17O2PS/c1-2-17-18(16)19-15-11-7-6-10-14(15)12-13-8-4-3-5-9-13/h3-11,18H,2,12H2,1H3. The van der Waals surface area contributed by atoms with Crippen molar-refractivity contribution in [2.24, 2.45) is 0 Å². The van der Waals surface area contributed by atoms with Crippen molar-refractivity contribution < 1.29 is 9.09 Å². The molecule has 1 unspecified atom stereocenters. The molecule has 100 valence electrons. The number of hydrogen-bond donors (Lipinski definition) is 0. The lowest BCUT2D eigenvalue weighted by molar-refractivity contribution is 0.361. The van der Waals surface area contributed by atoms with E-state index in [-0.39, 0.29) is 0 Å². The first-order valence-corrected chi connectivity index (χ1v) is 9.12. The van der Waals surface area contributed by atoms with Gasteiger partial charge in [0, 0.05) is 4.90 Å². The lowest BCUT2D eigenvalue weighted by Gasteiger charge is -2.09. The largest absolute Gasteiger partial charge is 0.323 e. The fourth-order valence-electron chi connectivity index (χ4n) is 1.80. The van der Waals surface area contributed by atoms with Crippen LogP contribution in [-0.4, -0.2) is 6.61 Å². The van der Waals surface area contributed by atoms with Crippen LogP contribution in [0.2, 0.25) is 0 Å². The second kappa shape index (κ2) is 7.54. The van der Waals surface area contributed by atoms with Crippen LogP contribution in [0.5, 0.6) is 0 Å². The van der Waals surface area contributed by atoms with Crippen molar-refractivity contribution in [3.63, 3.8) is 0 Å². The summed E-state index contributed by atoms with van der Waals surface area (Å²) in [7, 11) is -2.04. The molecule has 2 rings (SSSR count). The molecule has 0 spiro atoms. The molecule has 2 aromatic rings. The van der Waals surface area contributed by atoms with Crippen molar-refractivity contribution in [2.45, 2.75) is 18.2 Å². The van der Waals surface area contributed by atoms with Gasteiger partial charge in [-0.05, 0) is 41.9 Å². The maximum absolute atomic E-state index is 11.7. The van der Waals surface area contributed by atoms with Crippen molar-refractivity contribution in [1.82, 2.24) is 0 Å². The lowest BCUT2D eigenvalue weighted by atomic mass is 10.1. The Morgan fingerprint density at radius 2 is 1.74 bits per heavy atom. The molecule has 0 saturated heterocycles. The van der Waals surface area contributed by atoms with Crippen LogP contribution >= 0.6 is 18.6 Å². The maximum atomic E-state index is 11.7. The molecule has 0 saturated carbocycles. The van der Waals surface area contributed by atoms with Gasteiger partial charge in [0.2, 0.25) is 0 Å². The third-order valence-electron chi connectivity index (χ3n) is 2.67. The summed E-state index contributed by atoms with van der Waals surface area (Å²) in [5.74, 6) is 0. The Balaban J connectivity index is 2.14. The minimum absolute atomic E-state index is 0.492. The first kappa shape index (κ1) is 14.4. The van der Waals surface area contributed by atoms with E-state index in [0.717, 1.165) is 11.3 Å². The predicted molar refractivity (Wildman–Crippen MR) is 82.2 cm³/mol. The zero-order valence-electron chi connectivity index (χ0n) is 10.8. The Bertz CT molecular complexity index is 543. The Hall–Kier alpha value is -1.02. The maximum Gasteiger partial charge on any atom is 0.250 e. The second-order valence-electron chi connectivity index (χ2n) is 4.06. The van der Waals surface area contributed by atoms with E-state index in [4.69, 9.17) is 4.52 Å². The smallest absolute Gasteiger partial charge is 0.250 e. The van der Waals surface area contributed by atoms with Gasteiger partial charge in [-0.25, -0.2) is 0 Å². The van der Waals surface area contributed by atoms with Crippen LogP contribution in [0, 0.1) is 0 Å². The van der Waals surface area contributed by atoms with E-state index in [0.29, 0.717) is 6.61 Å². The Morgan fingerprint density at radius 3 is 2.47 bits per heavy atom. The highest BCUT2D eigenvalue weighted by molar-refractivity contribution is 8.50. The van der Waals surface area contributed by atoms with Crippen molar-refractivity contribution in [2.75, 3.05) is 6.61 Å². The zero-order chi connectivity index (χ0) is 13.5. The van der Waals surface area contributed by atoms with E-state index in [2.05, 4.69) is 18.2 Å². The summed E-state index contributed by atoms with van der Waals surface area (Å²) in [6, 6.07) is 18.4. The van der Waals surface area contributed by atoms with Crippen molar-refractivity contribution in [3.05, 3.63) is 65.7 Å². The second-order valence-corrected chi connectivity index (χ2v) is 7.10. The third-order valence-corrected chi connectivity index (χ3v) is 5.49. The highest BCUT2D eigenvalue weighted by atomic mass is 32.7. The third kappa shape index (κ3) is 4.54. The van der Waals surface area contributed by atoms with E-state index in [1.807, 2.05) is 43.3 Å². The predicted octanol–water partition coefficient (Wildman–Crippen LogP) is 4.80. The van der Waals surface area contributed by atoms with Gasteiger partial charge in [-0.15, -0.1) is 0 Å². The molecule has 0 fully saturated rings. The molecule has 0 bridgehead atoms. The highest BCUT2D eigenvalue weighted by Crippen LogP contribution is 2.45. The molecule has 0 aliphatic rings. The quantitative estimate of drug-likeness (QED) is 0.716. The van der Waals surface area contributed by atoms with E-state index in [1.165, 1.54) is 22.5 Å². The van der Waals surface area contributed by atoms with Gasteiger partial charge in [0.05, 0.1) is 6.61 Å². The van der Waals surface area contributed by atoms with Gasteiger partial charge in [-0.3, -0.25) is 4.57 Å². The summed E-state index contributed by atoms with van der Waals surface area (Å²) in [4.78, 5) is 1.05. The van der Waals surface area contributed by atoms with E-state index >= 15 is 0 Å². The average Bonchev–Trinajstić information content (AvgIpc) is 2.42. The fourth-order valence-corrected chi connectivity index (χ4v) is 4.36. The van der Waals surface area contributed by atoms with Crippen LogP contribution in [0.1, 0.15) is 18.1 Å². The summed E-state index contributed by atoms with van der Waals surface area (Å²) in [5.41, 5.74) is 2.45. The molecule has 1 atom stereocenters. The molecule has 4 heteroatoms. The first-order valence-electron chi connectivity index (χ1n) is 6.26. The van der Waals surface area contributed by atoms with Crippen LogP contribution < -0.4 is 0 Å². The Kier molecular flexibility index (Phi) is 5.71. The summed E-state index contributed by atoms with van der Waals surface area (Å²) in [6.45, 7) is 2.35. The van der Waals surface area contributed by atoms with Crippen molar-refractivity contribution in [1.29, 1.82) is 0 Å². The van der Waals surface area contributed by atoms with Crippen LogP contribution in [0.15, 0.2) is 59.5 Å². The molecule has 0 N–H and O–H groups in total. The molecule has 19 heavy (non-hydrogen) atoms. The number of benzene rings is 2. The van der Waals surface area contributed by atoms with Crippen molar-refractivity contribution >= 4 is 18.6 Å². The van der Waals surface area contributed by atoms with Gasteiger partial charge in [0.1, 0.15) is 0 Å². The van der Waals surface area contributed by atoms with Gasteiger partial charge < -0.3 is 4.52 Å². The minimum atomic E-state index is -2.04. The molecule has 0 aromatic heterocycles. The monoisotopic (exact) mass is 292 g/mol. The summed E-state index contributed by atoms with van der Waals surface area (Å²) in [5, 5.41) is 0. The van der Waals surface area contributed by atoms with Gasteiger partial charge in [-0.2, -0.15) is 0 Å². The molecule has 0 radical (unpaired) electrons. The molecular formula is C15H17O2PS. The van der Waals surface area contributed by atoms with Crippen LogP contribution in [0.25, 0.3) is 0 Å². The molecule has 2 aromatic carbocycles. The van der Waals surface area contributed by atoms with E-state index in [1.54, 1.807) is 0 Å². The lowest BCUT2D eigenvalue weighted by Crippen LogP contribution is -1.90. The highest BCUT2D eigenvalue weighted by Gasteiger charge is 2.07. The summed E-state index contributed by atoms with van der Waals surface area (Å²) in [6.07, 6.45) is 0.852. The Labute approximate surface area is 118 Å².